The second-order valence-corrected chi connectivity index (χ2v) is 5.28. The molecule has 0 fully saturated rings. The molecule has 3 aromatic rings. The van der Waals surface area contributed by atoms with Crippen LogP contribution in [0.5, 0.6) is 5.75 Å². The van der Waals surface area contributed by atoms with Crippen molar-refractivity contribution in [1.82, 2.24) is 10.5 Å². The average Bonchev–Trinajstić information content (AvgIpc) is 3.09. The predicted molar refractivity (Wildman–Crippen MR) is 87.5 cm³/mol. The SMILES string of the molecule is O=C(O)NCc1cc(-c2ccc(OCc3ccc(F)cc3)cc2)no1. The molecule has 3 rings (SSSR count). The van der Waals surface area contributed by atoms with Crippen LogP contribution >= 0.6 is 0 Å². The number of nitrogens with zero attached hydrogens (tertiary/aromatic N) is 1. The van der Waals surface area contributed by atoms with Crippen LogP contribution in [0.2, 0.25) is 0 Å². The molecule has 0 aliphatic heterocycles. The lowest BCUT2D eigenvalue weighted by Gasteiger charge is -2.06. The van der Waals surface area contributed by atoms with Crippen molar-refractivity contribution in [3.63, 3.8) is 0 Å². The van der Waals surface area contributed by atoms with E-state index in [1.807, 2.05) is 12.1 Å². The molecule has 25 heavy (non-hydrogen) atoms. The zero-order valence-corrected chi connectivity index (χ0v) is 13.1. The van der Waals surface area contributed by atoms with Gasteiger partial charge in [0.25, 0.3) is 0 Å². The second kappa shape index (κ2) is 7.48. The van der Waals surface area contributed by atoms with Crippen molar-refractivity contribution in [3.05, 3.63) is 71.7 Å². The Kier molecular flexibility index (Phi) is 4.94. The Morgan fingerprint density at radius 1 is 1.16 bits per heavy atom. The van der Waals surface area contributed by atoms with Crippen molar-refractivity contribution in [2.24, 2.45) is 0 Å². The molecule has 0 radical (unpaired) electrons. The quantitative estimate of drug-likeness (QED) is 0.711. The summed E-state index contributed by atoms with van der Waals surface area (Å²) in [5.41, 5.74) is 2.30. The molecule has 0 bridgehead atoms. The van der Waals surface area contributed by atoms with Crippen molar-refractivity contribution in [3.8, 4) is 17.0 Å². The minimum atomic E-state index is -1.12. The Labute approximate surface area is 142 Å². The molecule has 0 unspecified atom stereocenters. The lowest BCUT2D eigenvalue weighted by molar-refractivity contribution is 0.192. The average molecular weight is 342 g/mol. The van der Waals surface area contributed by atoms with E-state index in [9.17, 15) is 9.18 Å². The van der Waals surface area contributed by atoms with E-state index in [-0.39, 0.29) is 12.4 Å². The third-order valence-electron chi connectivity index (χ3n) is 3.44. The van der Waals surface area contributed by atoms with E-state index < -0.39 is 6.09 Å². The van der Waals surface area contributed by atoms with Gasteiger partial charge in [0.1, 0.15) is 23.9 Å². The molecule has 1 heterocycles. The first-order chi connectivity index (χ1) is 12.1. The van der Waals surface area contributed by atoms with Gasteiger partial charge in [0.15, 0.2) is 5.76 Å². The van der Waals surface area contributed by atoms with E-state index in [0.717, 1.165) is 11.1 Å². The van der Waals surface area contributed by atoms with Crippen molar-refractivity contribution < 1.29 is 23.6 Å². The van der Waals surface area contributed by atoms with E-state index in [4.69, 9.17) is 14.4 Å². The van der Waals surface area contributed by atoms with Gasteiger partial charge in [-0.15, -0.1) is 0 Å². The molecule has 1 aromatic heterocycles. The summed E-state index contributed by atoms with van der Waals surface area (Å²) in [6.45, 7) is 0.399. The minimum Gasteiger partial charge on any atom is -0.489 e. The highest BCUT2D eigenvalue weighted by atomic mass is 19.1. The molecule has 128 valence electrons. The molecule has 7 heteroatoms. The van der Waals surface area contributed by atoms with Gasteiger partial charge in [-0.25, -0.2) is 9.18 Å². The van der Waals surface area contributed by atoms with Crippen LogP contribution in [-0.2, 0) is 13.2 Å². The largest absolute Gasteiger partial charge is 0.489 e. The van der Waals surface area contributed by atoms with Crippen LogP contribution in [0.15, 0.2) is 59.1 Å². The maximum Gasteiger partial charge on any atom is 0.405 e. The molecule has 2 N–H and O–H groups in total. The fraction of sp³-hybridized carbons (Fsp3) is 0.111. The summed E-state index contributed by atoms with van der Waals surface area (Å²) in [5.74, 6) is 0.817. The number of aromatic nitrogens is 1. The molecule has 0 aliphatic carbocycles. The molecule has 6 nitrogen and oxygen atoms in total. The third-order valence-corrected chi connectivity index (χ3v) is 3.44. The van der Waals surface area contributed by atoms with Gasteiger partial charge in [0.05, 0.1) is 6.54 Å². The highest BCUT2D eigenvalue weighted by Gasteiger charge is 2.08. The Morgan fingerprint density at radius 3 is 2.56 bits per heavy atom. The number of hydrogen-bond donors (Lipinski definition) is 2. The van der Waals surface area contributed by atoms with E-state index in [1.54, 1.807) is 30.3 Å². The smallest absolute Gasteiger partial charge is 0.405 e. The lowest BCUT2D eigenvalue weighted by atomic mass is 10.1. The highest BCUT2D eigenvalue weighted by Crippen LogP contribution is 2.23. The van der Waals surface area contributed by atoms with E-state index in [0.29, 0.717) is 23.8 Å². The monoisotopic (exact) mass is 342 g/mol. The van der Waals surface area contributed by atoms with Gasteiger partial charge in [-0.05, 0) is 42.0 Å². The molecule has 0 saturated heterocycles. The summed E-state index contributed by atoms with van der Waals surface area (Å²) >= 11 is 0. The van der Waals surface area contributed by atoms with E-state index >= 15 is 0 Å². The third kappa shape index (κ3) is 4.57. The highest BCUT2D eigenvalue weighted by molar-refractivity contribution is 5.64. The van der Waals surface area contributed by atoms with Crippen molar-refractivity contribution in [1.29, 1.82) is 0 Å². The van der Waals surface area contributed by atoms with Crippen molar-refractivity contribution >= 4 is 6.09 Å². The normalized spacial score (nSPS) is 10.4. The predicted octanol–water partition coefficient (Wildman–Crippen LogP) is 3.83. The first-order valence-electron chi connectivity index (χ1n) is 7.50. The first kappa shape index (κ1) is 16.5. The van der Waals surface area contributed by atoms with Gasteiger partial charge >= 0.3 is 6.09 Å². The number of rotatable bonds is 6. The Balaban J connectivity index is 1.60. The molecular formula is C18H15FN2O4. The molecule has 0 aliphatic rings. The number of benzene rings is 2. The first-order valence-corrected chi connectivity index (χ1v) is 7.50. The fourth-order valence-electron chi connectivity index (χ4n) is 2.16. The molecule has 0 spiro atoms. The molecule has 1 amide bonds. The molecule has 2 aromatic carbocycles. The van der Waals surface area contributed by atoms with Gasteiger partial charge in [-0.2, -0.15) is 0 Å². The van der Waals surface area contributed by atoms with Gasteiger partial charge in [0.2, 0.25) is 0 Å². The molecule has 0 atom stereocenters. The van der Waals surface area contributed by atoms with E-state index in [1.165, 1.54) is 12.1 Å². The van der Waals surface area contributed by atoms with E-state index in [2.05, 4.69) is 10.5 Å². The van der Waals surface area contributed by atoms with Crippen molar-refractivity contribution in [2.45, 2.75) is 13.2 Å². The number of ether oxygens (including phenoxy) is 1. The topological polar surface area (TPSA) is 84.6 Å². The number of hydrogen-bond acceptors (Lipinski definition) is 4. The molecule has 0 saturated carbocycles. The van der Waals surface area contributed by atoms with Crippen LogP contribution in [0, 0.1) is 5.82 Å². The lowest BCUT2D eigenvalue weighted by Crippen LogP contribution is -2.19. The Bertz CT molecular complexity index is 844. The second-order valence-electron chi connectivity index (χ2n) is 5.28. The standard InChI is InChI=1S/C18H15FN2O4/c19-14-5-1-12(2-6-14)11-24-15-7-3-13(4-8-15)17-9-16(25-21-17)10-20-18(22)23/h1-9,20H,10-11H2,(H,22,23). The number of carbonyl (C=O) groups is 1. The zero-order valence-electron chi connectivity index (χ0n) is 13.1. The van der Waals surface area contributed by atoms with Crippen LogP contribution in [-0.4, -0.2) is 16.4 Å². The minimum absolute atomic E-state index is 0.0567. The summed E-state index contributed by atoms with van der Waals surface area (Å²) < 4.78 is 23.6. The number of nitrogens with one attached hydrogen (secondary N) is 1. The summed E-state index contributed by atoms with van der Waals surface area (Å²) in [4.78, 5) is 10.5. The van der Waals surface area contributed by atoms with Gasteiger partial charge in [-0.1, -0.05) is 17.3 Å². The maximum absolute atomic E-state index is 12.9. The van der Waals surface area contributed by atoms with Crippen LogP contribution < -0.4 is 10.1 Å². The van der Waals surface area contributed by atoms with Crippen molar-refractivity contribution in [2.75, 3.05) is 0 Å². The number of amides is 1. The summed E-state index contributed by atoms with van der Waals surface area (Å²) in [7, 11) is 0. The maximum atomic E-state index is 12.9. The number of halogens is 1. The fourth-order valence-corrected chi connectivity index (χ4v) is 2.16. The van der Waals surface area contributed by atoms with Crippen LogP contribution in [0.25, 0.3) is 11.3 Å². The summed E-state index contributed by atoms with van der Waals surface area (Å²) in [5, 5.41) is 14.7. The van der Waals surface area contributed by atoms with Gasteiger partial charge < -0.3 is 19.7 Å². The van der Waals surface area contributed by atoms with Crippen LogP contribution in [0.4, 0.5) is 9.18 Å². The van der Waals surface area contributed by atoms with Crippen LogP contribution in [0.3, 0.4) is 0 Å². The van der Waals surface area contributed by atoms with Crippen LogP contribution in [0.1, 0.15) is 11.3 Å². The van der Waals surface area contributed by atoms with Gasteiger partial charge in [-0.3, -0.25) is 0 Å². The summed E-state index contributed by atoms with van der Waals surface area (Å²) in [6, 6.07) is 15.0. The summed E-state index contributed by atoms with van der Waals surface area (Å²) in [6.07, 6.45) is -1.12. The Morgan fingerprint density at radius 2 is 1.88 bits per heavy atom. The van der Waals surface area contributed by atoms with Gasteiger partial charge in [0, 0.05) is 11.6 Å². The zero-order chi connectivity index (χ0) is 17.6. The number of carboxylic acid groups (broad SMARTS) is 1. The molecular weight excluding hydrogens is 327 g/mol. The Hall–Kier alpha value is -3.35.